The second-order valence-electron chi connectivity index (χ2n) is 3.55. The lowest BCUT2D eigenvalue weighted by molar-refractivity contribution is -0.141. The number of ether oxygens (including phenoxy) is 2. The van der Waals surface area contributed by atoms with E-state index in [9.17, 15) is 18.0 Å². The molecule has 0 amide bonds. The summed E-state index contributed by atoms with van der Waals surface area (Å²) in [7, 11) is 1.29. The van der Waals surface area contributed by atoms with E-state index in [1.807, 2.05) is 0 Å². The lowest BCUT2D eigenvalue weighted by Crippen LogP contribution is -2.06. The largest absolute Gasteiger partial charge is 0.494 e. The quantitative estimate of drug-likeness (QED) is 0.604. The molecule has 0 aliphatic carbocycles. The van der Waals surface area contributed by atoms with Crippen molar-refractivity contribution in [1.29, 1.82) is 0 Å². The summed E-state index contributed by atoms with van der Waals surface area (Å²) in [4.78, 5) is 10.8. The third-order valence-corrected chi connectivity index (χ3v) is 2.20. The summed E-state index contributed by atoms with van der Waals surface area (Å²) >= 11 is 0. The Hall–Kier alpha value is -1.72. The van der Waals surface area contributed by atoms with Crippen LogP contribution in [0, 0.1) is 0 Å². The van der Waals surface area contributed by atoms with Gasteiger partial charge in [0.15, 0.2) is 0 Å². The fourth-order valence-corrected chi connectivity index (χ4v) is 1.25. The van der Waals surface area contributed by atoms with Crippen LogP contribution in [-0.2, 0) is 15.7 Å². The summed E-state index contributed by atoms with van der Waals surface area (Å²) in [5, 5.41) is 0. The maximum atomic E-state index is 12.3. The first-order chi connectivity index (χ1) is 8.43. The van der Waals surface area contributed by atoms with Gasteiger partial charge in [0.05, 0.1) is 19.3 Å². The number of halogens is 3. The van der Waals surface area contributed by atoms with Crippen molar-refractivity contribution in [1.82, 2.24) is 0 Å². The minimum absolute atomic E-state index is 0.219. The van der Waals surface area contributed by atoms with Gasteiger partial charge < -0.3 is 9.47 Å². The topological polar surface area (TPSA) is 35.5 Å². The van der Waals surface area contributed by atoms with E-state index in [1.165, 1.54) is 19.2 Å². The van der Waals surface area contributed by atoms with Crippen LogP contribution in [0.15, 0.2) is 24.3 Å². The second kappa shape index (κ2) is 6.28. The fraction of sp³-hybridized carbons (Fsp3) is 0.417. The van der Waals surface area contributed by atoms with E-state index in [-0.39, 0.29) is 19.0 Å². The monoisotopic (exact) mass is 262 g/mol. The van der Waals surface area contributed by atoms with Gasteiger partial charge in [-0.15, -0.1) is 0 Å². The molecule has 0 N–H and O–H groups in total. The molecule has 0 saturated heterocycles. The van der Waals surface area contributed by atoms with Crippen LogP contribution in [0.1, 0.15) is 18.4 Å². The number of hydrogen-bond acceptors (Lipinski definition) is 3. The zero-order chi connectivity index (χ0) is 13.6. The summed E-state index contributed by atoms with van der Waals surface area (Å²) in [6.45, 7) is 0.250. The minimum Gasteiger partial charge on any atom is -0.494 e. The lowest BCUT2D eigenvalue weighted by atomic mass is 10.2. The molecular formula is C12H13F3O3. The fourth-order valence-electron chi connectivity index (χ4n) is 1.25. The molecule has 1 aromatic rings. The summed E-state index contributed by atoms with van der Waals surface area (Å²) in [6, 6.07) is 4.41. The Bertz CT molecular complexity index is 385. The van der Waals surface area contributed by atoms with Gasteiger partial charge in [0.1, 0.15) is 5.75 Å². The predicted molar refractivity (Wildman–Crippen MR) is 58.2 cm³/mol. The molecule has 0 spiro atoms. The predicted octanol–water partition coefficient (Wildman–Crippen LogP) is 3.04. The Balaban J connectivity index is 2.38. The number of esters is 1. The molecule has 1 rings (SSSR count). The van der Waals surface area contributed by atoms with Crippen LogP contribution < -0.4 is 4.74 Å². The minimum atomic E-state index is -4.34. The van der Waals surface area contributed by atoms with Crippen molar-refractivity contribution in [3.63, 3.8) is 0 Å². The molecule has 0 unspecified atom stereocenters. The zero-order valence-electron chi connectivity index (χ0n) is 9.79. The number of hydrogen-bond donors (Lipinski definition) is 0. The van der Waals surface area contributed by atoms with Gasteiger partial charge >= 0.3 is 12.1 Å². The smallest absolute Gasteiger partial charge is 0.416 e. The van der Waals surface area contributed by atoms with E-state index < -0.39 is 11.7 Å². The Morgan fingerprint density at radius 3 is 2.33 bits per heavy atom. The average Bonchev–Trinajstić information content (AvgIpc) is 2.33. The van der Waals surface area contributed by atoms with Crippen LogP contribution in [0.2, 0.25) is 0 Å². The van der Waals surface area contributed by atoms with Crippen LogP contribution in [0.5, 0.6) is 5.75 Å². The number of methoxy groups -OCH3 is 1. The van der Waals surface area contributed by atoms with E-state index >= 15 is 0 Å². The molecule has 0 bridgehead atoms. The van der Waals surface area contributed by atoms with Crippen molar-refractivity contribution >= 4 is 5.97 Å². The molecule has 0 atom stereocenters. The third-order valence-electron chi connectivity index (χ3n) is 2.20. The highest BCUT2D eigenvalue weighted by atomic mass is 19.4. The molecule has 6 heteroatoms. The highest BCUT2D eigenvalue weighted by Gasteiger charge is 2.29. The molecule has 0 aromatic heterocycles. The van der Waals surface area contributed by atoms with E-state index in [2.05, 4.69) is 4.74 Å². The molecule has 0 heterocycles. The van der Waals surface area contributed by atoms with Gasteiger partial charge in [-0.1, -0.05) is 0 Å². The lowest BCUT2D eigenvalue weighted by Gasteiger charge is -2.08. The molecule has 0 radical (unpaired) electrons. The van der Waals surface area contributed by atoms with Gasteiger partial charge in [0.25, 0.3) is 0 Å². The molecule has 100 valence electrons. The molecule has 0 aliphatic heterocycles. The normalized spacial score (nSPS) is 11.1. The average molecular weight is 262 g/mol. The van der Waals surface area contributed by atoms with Gasteiger partial charge in [0.2, 0.25) is 0 Å². The van der Waals surface area contributed by atoms with Crippen molar-refractivity contribution in [2.75, 3.05) is 13.7 Å². The van der Waals surface area contributed by atoms with E-state index in [0.717, 1.165) is 12.1 Å². The summed E-state index contributed by atoms with van der Waals surface area (Å²) in [5.74, 6) is -0.00103. The van der Waals surface area contributed by atoms with Crippen molar-refractivity contribution in [2.24, 2.45) is 0 Å². The molecule has 1 aromatic carbocycles. The standard InChI is InChI=1S/C12H13F3O3/c1-17-11(16)3-2-8-18-10-6-4-9(5-7-10)12(13,14)15/h4-7H,2-3,8H2,1H3. The third kappa shape index (κ3) is 4.65. The van der Waals surface area contributed by atoms with Gasteiger partial charge in [-0.2, -0.15) is 13.2 Å². The molecule has 18 heavy (non-hydrogen) atoms. The molecule has 0 fully saturated rings. The van der Waals surface area contributed by atoms with E-state index in [1.54, 1.807) is 0 Å². The van der Waals surface area contributed by atoms with Crippen LogP contribution in [0.4, 0.5) is 13.2 Å². The van der Waals surface area contributed by atoms with Crippen LogP contribution >= 0.6 is 0 Å². The van der Waals surface area contributed by atoms with Crippen molar-refractivity contribution in [3.8, 4) is 5.75 Å². The molecule has 3 nitrogen and oxygen atoms in total. The van der Waals surface area contributed by atoms with Gasteiger partial charge in [-0.3, -0.25) is 4.79 Å². The van der Waals surface area contributed by atoms with Gasteiger partial charge in [0, 0.05) is 6.42 Å². The van der Waals surface area contributed by atoms with Crippen LogP contribution in [-0.4, -0.2) is 19.7 Å². The van der Waals surface area contributed by atoms with E-state index in [4.69, 9.17) is 4.74 Å². The summed E-state index contributed by atoms with van der Waals surface area (Å²) in [6.07, 6.45) is -3.67. The maximum Gasteiger partial charge on any atom is 0.416 e. The summed E-state index contributed by atoms with van der Waals surface area (Å²) < 4.78 is 46.4. The number of carbonyl (C=O) groups is 1. The number of benzene rings is 1. The zero-order valence-corrected chi connectivity index (χ0v) is 9.79. The number of alkyl halides is 3. The molecular weight excluding hydrogens is 249 g/mol. The van der Waals surface area contributed by atoms with E-state index in [0.29, 0.717) is 12.2 Å². The van der Waals surface area contributed by atoms with Gasteiger partial charge in [-0.25, -0.2) is 0 Å². The Labute approximate surface area is 103 Å². The highest BCUT2D eigenvalue weighted by Crippen LogP contribution is 2.30. The highest BCUT2D eigenvalue weighted by molar-refractivity contribution is 5.69. The maximum absolute atomic E-state index is 12.3. The number of carbonyl (C=O) groups excluding carboxylic acids is 1. The van der Waals surface area contributed by atoms with Crippen molar-refractivity contribution < 1.29 is 27.4 Å². The Kier molecular flexibility index (Phi) is 5.00. The first kappa shape index (κ1) is 14.3. The summed E-state index contributed by atoms with van der Waals surface area (Å²) in [5.41, 5.74) is -0.718. The number of rotatable bonds is 5. The van der Waals surface area contributed by atoms with Crippen molar-refractivity contribution in [2.45, 2.75) is 19.0 Å². The Morgan fingerprint density at radius 1 is 1.22 bits per heavy atom. The first-order valence-corrected chi connectivity index (χ1v) is 5.30. The first-order valence-electron chi connectivity index (χ1n) is 5.30. The van der Waals surface area contributed by atoms with Crippen LogP contribution in [0.25, 0.3) is 0 Å². The van der Waals surface area contributed by atoms with Crippen LogP contribution in [0.3, 0.4) is 0 Å². The van der Waals surface area contributed by atoms with Crippen molar-refractivity contribution in [3.05, 3.63) is 29.8 Å². The SMILES string of the molecule is COC(=O)CCCOc1ccc(C(F)(F)F)cc1. The molecule has 0 aliphatic rings. The second-order valence-corrected chi connectivity index (χ2v) is 3.55. The Morgan fingerprint density at radius 2 is 1.83 bits per heavy atom. The van der Waals surface area contributed by atoms with Gasteiger partial charge in [-0.05, 0) is 30.7 Å². The molecule has 0 saturated carbocycles.